The number of hydrogen-bond donors (Lipinski definition) is 1. The van der Waals surface area contributed by atoms with Gasteiger partial charge in [0.1, 0.15) is 11.1 Å². The summed E-state index contributed by atoms with van der Waals surface area (Å²) in [6.45, 7) is 3.11. The average molecular weight is 348 g/mol. The molecule has 5 nitrogen and oxygen atoms in total. The minimum atomic E-state index is -0.604. The molecule has 3 aromatic rings. The molecule has 4 rings (SSSR count). The highest BCUT2D eigenvalue weighted by Crippen LogP contribution is 2.18. The van der Waals surface area contributed by atoms with Gasteiger partial charge in [0.15, 0.2) is 0 Å². The minimum Gasteiger partial charge on any atom is -0.422 e. The van der Waals surface area contributed by atoms with E-state index in [2.05, 4.69) is 34.5 Å². The van der Waals surface area contributed by atoms with Gasteiger partial charge in [0.2, 0.25) is 0 Å². The summed E-state index contributed by atoms with van der Waals surface area (Å²) in [5, 5.41) is 3.58. The fraction of sp³-hybridized carbons (Fsp3) is 0.238. The molecule has 0 saturated heterocycles. The molecule has 1 aliphatic heterocycles. The Hall–Kier alpha value is -2.92. The molecule has 0 radical (unpaired) electrons. The second-order valence-corrected chi connectivity index (χ2v) is 6.54. The van der Waals surface area contributed by atoms with E-state index in [0.29, 0.717) is 12.1 Å². The third-order valence-corrected chi connectivity index (χ3v) is 4.81. The first-order valence-corrected chi connectivity index (χ1v) is 8.81. The summed E-state index contributed by atoms with van der Waals surface area (Å²) in [5.41, 5.74) is 2.68. The first kappa shape index (κ1) is 16.5. The maximum Gasteiger partial charge on any atom is 0.349 e. The number of rotatable bonds is 4. The molecule has 0 atom stereocenters. The largest absolute Gasteiger partial charge is 0.422 e. The lowest BCUT2D eigenvalue weighted by atomic mass is 10.00. The fourth-order valence-corrected chi connectivity index (χ4v) is 3.39. The van der Waals surface area contributed by atoms with Crippen LogP contribution >= 0.6 is 0 Å². The maximum absolute atomic E-state index is 12.4. The van der Waals surface area contributed by atoms with Gasteiger partial charge in [-0.3, -0.25) is 9.69 Å². The van der Waals surface area contributed by atoms with Gasteiger partial charge in [0.25, 0.3) is 5.91 Å². The van der Waals surface area contributed by atoms with Crippen molar-refractivity contribution < 1.29 is 9.21 Å². The van der Waals surface area contributed by atoms with E-state index in [9.17, 15) is 9.59 Å². The predicted octanol–water partition coefficient (Wildman–Crippen LogP) is 2.58. The van der Waals surface area contributed by atoms with Crippen LogP contribution in [0.25, 0.3) is 11.0 Å². The Morgan fingerprint density at radius 3 is 2.73 bits per heavy atom. The van der Waals surface area contributed by atoms with Crippen LogP contribution in [0.4, 0.5) is 0 Å². The van der Waals surface area contributed by atoms with E-state index in [4.69, 9.17) is 4.42 Å². The smallest absolute Gasteiger partial charge is 0.349 e. The lowest BCUT2D eigenvalue weighted by Gasteiger charge is -2.28. The summed E-state index contributed by atoms with van der Waals surface area (Å²) < 4.78 is 5.22. The Labute approximate surface area is 151 Å². The molecule has 5 heteroatoms. The molecule has 0 aliphatic carbocycles. The molecule has 2 heterocycles. The van der Waals surface area contributed by atoms with E-state index in [0.717, 1.165) is 31.4 Å². The van der Waals surface area contributed by atoms with Crippen molar-refractivity contribution in [3.8, 4) is 0 Å². The molecule has 132 valence electrons. The number of carbonyl (C=O) groups is 1. The molecule has 1 aromatic heterocycles. The number of fused-ring (bicyclic) bond motifs is 2. The molecular formula is C21H20N2O3. The van der Waals surface area contributed by atoms with Crippen molar-refractivity contribution in [1.82, 2.24) is 10.2 Å². The van der Waals surface area contributed by atoms with Gasteiger partial charge >= 0.3 is 5.63 Å². The van der Waals surface area contributed by atoms with Crippen molar-refractivity contribution >= 4 is 16.9 Å². The zero-order chi connectivity index (χ0) is 17.9. The molecular weight excluding hydrogens is 328 g/mol. The molecule has 1 aliphatic rings. The first-order valence-electron chi connectivity index (χ1n) is 8.81. The lowest BCUT2D eigenvalue weighted by molar-refractivity contribution is 0.0944. The average Bonchev–Trinajstić information content (AvgIpc) is 2.67. The highest BCUT2D eigenvalue weighted by molar-refractivity contribution is 5.96. The van der Waals surface area contributed by atoms with E-state index >= 15 is 0 Å². The van der Waals surface area contributed by atoms with Crippen molar-refractivity contribution in [3.05, 3.63) is 81.7 Å². The standard InChI is InChI=1S/C21H20N2O3/c24-20(18-13-16-6-3-4-8-19(16)26-21(18)25)22-10-12-23-11-9-15-5-1-2-7-17(15)14-23/h1-8,13H,9-12,14H2,(H,22,24). The Morgan fingerprint density at radius 1 is 1.08 bits per heavy atom. The molecule has 0 saturated carbocycles. The third-order valence-electron chi connectivity index (χ3n) is 4.81. The number of amides is 1. The zero-order valence-corrected chi connectivity index (χ0v) is 14.4. The Kier molecular flexibility index (Phi) is 4.54. The highest BCUT2D eigenvalue weighted by atomic mass is 16.4. The minimum absolute atomic E-state index is 0.0488. The lowest BCUT2D eigenvalue weighted by Crippen LogP contribution is -2.38. The van der Waals surface area contributed by atoms with Crippen LogP contribution in [0.1, 0.15) is 21.5 Å². The summed E-state index contributed by atoms with van der Waals surface area (Å²) in [6, 6.07) is 17.2. The number of carbonyl (C=O) groups excluding carboxylic acids is 1. The van der Waals surface area contributed by atoms with E-state index in [1.165, 1.54) is 11.1 Å². The van der Waals surface area contributed by atoms with Crippen LogP contribution in [-0.2, 0) is 13.0 Å². The fourth-order valence-electron chi connectivity index (χ4n) is 3.39. The first-order chi connectivity index (χ1) is 12.7. The molecule has 1 N–H and O–H groups in total. The third kappa shape index (κ3) is 3.39. The second kappa shape index (κ2) is 7.14. The van der Waals surface area contributed by atoms with Crippen molar-refractivity contribution in [2.45, 2.75) is 13.0 Å². The SMILES string of the molecule is O=C(NCCN1CCc2ccccc2C1)c1cc2ccccc2oc1=O. The molecule has 2 aromatic carbocycles. The van der Waals surface area contributed by atoms with Crippen LogP contribution in [0.15, 0.2) is 63.8 Å². The second-order valence-electron chi connectivity index (χ2n) is 6.54. The summed E-state index contributed by atoms with van der Waals surface area (Å²) in [5.74, 6) is -0.387. The van der Waals surface area contributed by atoms with Gasteiger partial charge < -0.3 is 9.73 Å². The molecule has 0 spiro atoms. The predicted molar refractivity (Wildman–Crippen MR) is 100 cm³/mol. The zero-order valence-electron chi connectivity index (χ0n) is 14.4. The van der Waals surface area contributed by atoms with Gasteiger partial charge in [-0.2, -0.15) is 0 Å². The normalized spacial score (nSPS) is 14.2. The highest BCUT2D eigenvalue weighted by Gasteiger charge is 2.17. The molecule has 0 fully saturated rings. The number of para-hydroxylation sites is 1. The van der Waals surface area contributed by atoms with Crippen LogP contribution in [0.2, 0.25) is 0 Å². The van der Waals surface area contributed by atoms with Crippen LogP contribution in [0, 0.1) is 0 Å². The van der Waals surface area contributed by atoms with E-state index in [-0.39, 0.29) is 11.5 Å². The van der Waals surface area contributed by atoms with Crippen molar-refractivity contribution in [2.24, 2.45) is 0 Å². The molecule has 1 amide bonds. The number of nitrogens with zero attached hydrogens (tertiary/aromatic N) is 1. The summed E-state index contributed by atoms with van der Waals surface area (Å²) in [6.07, 6.45) is 1.03. The number of benzene rings is 2. The summed E-state index contributed by atoms with van der Waals surface area (Å²) in [4.78, 5) is 26.7. The van der Waals surface area contributed by atoms with E-state index < -0.39 is 5.63 Å². The van der Waals surface area contributed by atoms with Gasteiger partial charge in [-0.05, 0) is 29.7 Å². The van der Waals surface area contributed by atoms with Crippen LogP contribution in [0.5, 0.6) is 0 Å². The van der Waals surface area contributed by atoms with Crippen LogP contribution in [0.3, 0.4) is 0 Å². The maximum atomic E-state index is 12.4. The molecule has 26 heavy (non-hydrogen) atoms. The van der Waals surface area contributed by atoms with Crippen molar-refractivity contribution in [2.75, 3.05) is 19.6 Å². The summed E-state index contributed by atoms with van der Waals surface area (Å²) in [7, 11) is 0. The van der Waals surface area contributed by atoms with E-state index in [1.54, 1.807) is 18.2 Å². The topological polar surface area (TPSA) is 62.6 Å². The molecule has 0 bridgehead atoms. The van der Waals surface area contributed by atoms with Crippen molar-refractivity contribution in [3.63, 3.8) is 0 Å². The number of nitrogens with one attached hydrogen (secondary N) is 1. The Morgan fingerprint density at radius 2 is 1.85 bits per heavy atom. The Bertz CT molecular complexity index is 1010. The summed E-state index contributed by atoms with van der Waals surface area (Å²) >= 11 is 0. The quantitative estimate of drug-likeness (QED) is 0.736. The van der Waals surface area contributed by atoms with Gasteiger partial charge in [-0.1, -0.05) is 42.5 Å². The van der Waals surface area contributed by atoms with E-state index in [1.807, 2.05) is 12.1 Å². The van der Waals surface area contributed by atoms with Crippen molar-refractivity contribution in [1.29, 1.82) is 0 Å². The van der Waals surface area contributed by atoms with Gasteiger partial charge in [0.05, 0.1) is 0 Å². The van der Waals surface area contributed by atoms with Crippen LogP contribution < -0.4 is 10.9 Å². The Balaban J connectivity index is 1.38. The molecule has 0 unspecified atom stereocenters. The van der Waals surface area contributed by atoms with Gasteiger partial charge in [-0.25, -0.2) is 4.79 Å². The number of hydrogen-bond acceptors (Lipinski definition) is 4. The van der Waals surface area contributed by atoms with Gasteiger partial charge in [-0.15, -0.1) is 0 Å². The van der Waals surface area contributed by atoms with Gasteiger partial charge in [0, 0.05) is 31.6 Å². The monoisotopic (exact) mass is 348 g/mol. The van der Waals surface area contributed by atoms with Crippen LogP contribution in [-0.4, -0.2) is 30.4 Å².